The summed E-state index contributed by atoms with van der Waals surface area (Å²) in [5.74, 6) is 1.27. The summed E-state index contributed by atoms with van der Waals surface area (Å²) in [5, 5.41) is 13.2. The van der Waals surface area contributed by atoms with Crippen LogP contribution >= 0.6 is 0 Å². The molecule has 1 aromatic rings. The lowest BCUT2D eigenvalue weighted by molar-refractivity contribution is -0.123. The first-order valence-corrected chi connectivity index (χ1v) is 9.19. The molecule has 1 amide bonds. The number of aliphatic hydroxyl groups excluding tert-OH is 1. The number of nitrogens with one attached hydrogen (secondary N) is 1. The van der Waals surface area contributed by atoms with Gasteiger partial charge in [0.1, 0.15) is 0 Å². The number of ether oxygens (including phenoxy) is 1. The maximum atomic E-state index is 12.3. The second kappa shape index (κ2) is 7.66. The predicted octanol–water partition coefficient (Wildman–Crippen LogP) is 2.82. The van der Waals surface area contributed by atoms with E-state index in [2.05, 4.69) is 43.4 Å². The second-order valence-electron chi connectivity index (χ2n) is 7.53. The third-order valence-electron chi connectivity index (χ3n) is 5.45. The molecule has 4 heteroatoms. The fourth-order valence-corrected chi connectivity index (χ4v) is 3.58. The number of carbonyl (C=O) groups is 1. The molecule has 3 rings (SSSR count). The number of amides is 1. The molecule has 132 valence electrons. The predicted molar refractivity (Wildman–Crippen MR) is 93.9 cm³/mol. The Hall–Kier alpha value is -1.39. The first-order chi connectivity index (χ1) is 11.6. The van der Waals surface area contributed by atoms with Crippen LogP contribution in [0.3, 0.4) is 0 Å². The molecule has 1 saturated heterocycles. The largest absolute Gasteiger partial charge is 0.391 e. The molecule has 0 radical (unpaired) electrons. The van der Waals surface area contributed by atoms with E-state index in [1.165, 1.54) is 11.1 Å². The average Bonchev–Trinajstić information content (AvgIpc) is 3.41. The Morgan fingerprint density at radius 3 is 2.54 bits per heavy atom. The number of hydrogen-bond acceptors (Lipinski definition) is 3. The SMILES string of the molecule is CC(C)c1ccc(C2CC2C(=O)NCC(O)C2CCOCC2)cc1. The molecule has 4 nitrogen and oxygen atoms in total. The number of hydrogen-bond donors (Lipinski definition) is 2. The summed E-state index contributed by atoms with van der Waals surface area (Å²) in [5.41, 5.74) is 2.59. The Bertz CT molecular complexity index is 549. The monoisotopic (exact) mass is 331 g/mol. The number of carbonyl (C=O) groups excluding carboxylic acids is 1. The van der Waals surface area contributed by atoms with E-state index in [0.717, 1.165) is 19.3 Å². The first-order valence-electron chi connectivity index (χ1n) is 9.19. The molecule has 3 atom stereocenters. The van der Waals surface area contributed by atoms with E-state index < -0.39 is 6.10 Å². The van der Waals surface area contributed by atoms with Crippen molar-refractivity contribution in [3.05, 3.63) is 35.4 Å². The highest BCUT2D eigenvalue weighted by Gasteiger charge is 2.43. The fourth-order valence-electron chi connectivity index (χ4n) is 3.58. The van der Waals surface area contributed by atoms with Crippen LogP contribution in [0.15, 0.2) is 24.3 Å². The molecule has 2 N–H and O–H groups in total. The molecule has 0 bridgehead atoms. The summed E-state index contributed by atoms with van der Waals surface area (Å²) in [6.07, 6.45) is 2.22. The number of rotatable bonds is 6. The Balaban J connectivity index is 1.45. The van der Waals surface area contributed by atoms with E-state index in [0.29, 0.717) is 31.6 Å². The van der Waals surface area contributed by atoms with Crippen LogP contribution in [-0.2, 0) is 9.53 Å². The highest BCUT2D eigenvalue weighted by atomic mass is 16.5. The molecule has 1 aliphatic carbocycles. The standard InChI is InChI=1S/C20H29NO3/c1-13(2)14-3-5-15(6-4-14)17-11-18(17)20(23)21-12-19(22)16-7-9-24-10-8-16/h3-6,13,16-19,22H,7-12H2,1-2H3,(H,21,23). The van der Waals surface area contributed by atoms with Crippen molar-refractivity contribution in [2.24, 2.45) is 11.8 Å². The second-order valence-corrected chi connectivity index (χ2v) is 7.53. The molecule has 0 spiro atoms. The maximum absolute atomic E-state index is 12.3. The normalized spacial score (nSPS) is 25.5. The molecule has 1 aliphatic heterocycles. The van der Waals surface area contributed by atoms with Gasteiger partial charge in [-0.1, -0.05) is 38.1 Å². The Kier molecular flexibility index (Phi) is 5.57. The number of benzene rings is 1. The van der Waals surface area contributed by atoms with Crippen molar-refractivity contribution in [2.45, 2.75) is 51.0 Å². The zero-order valence-electron chi connectivity index (χ0n) is 14.7. The van der Waals surface area contributed by atoms with E-state index in [1.54, 1.807) is 0 Å². The van der Waals surface area contributed by atoms with Crippen LogP contribution in [0, 0.1) is 11.8 Å². The number of aliphatic hydroxyl groups is 1. The minimum Gasteiger partial charge on any atom is -0.391 e. The fraction of sp³-hybridized carbons (Fsp3) is 0.650. The summed E-state index contributed by atoms with van der Waals surface area (Å²) in [7, 11) is 0. The van der Waals surface area contributed by atoms with Gasteiger partial charge in [-0.15, -0.1) is 0 Å². The lowest BCUT2D eigenvalue weighted by atomic mass is 9.94. The van der Waals surface area contributed by atoms with Crippen LogP contribution < -0.4 is 5.32 Å². The van der Waals surface area contributed by atoms with E-state index in [9.17, 15) is 9.90 Å². The summed E-state index contributed by atoms with van der Waals surface area (Å²) in [4.78, 5) is 12.3. The van der Waals surface area contributed by atoms with Gasteiger partial charge in [0.2, 0.25) is 5.91 Å². The van der Waals surface area contributed by atoms with Crippen molar-refractivity contribution < 1.29 is 14.6 Å². The highest BCUT2D eigenvalue weighted by molar-refractivity contribution is 5.82. The van der Waals surface area contributed by atoms with Crippen LogP contribution in [0.1, 0.15) is 56.1 Å². The van der Waals surface area contributed by atoms with Crippen molar-refractivity contribution in [3.8, 4) is 0 Å². The van der Waals surface area contributed by atoms with Gasteiger partial charge in [-0.05, 0) is 48.1 Å². The molecule has 1 saturated carbocycles. The lowest BCUT2D eigenvalue weighted by Gasteiger charge is -2.26. The Labute approximate surface area is 144 Å². The maximum Gasteiger partial charge on any atom is 0.223 e. The van der Waals surface area contributed by atoms with Crippen molar-refractivity contribution in [3.63, 3.8) is 0 Å². The van der Waals surface area contributed by atoms with Gasteiger partial charge in [0.05, 0.1) is 6.10 Å². The average molecular weight is 331 g/mol. The van der Waals surface area contributed by atoms with E-state index in [-0.39, 0.29) is 17.7 Å². The molecule has 2 fully saturated rings. The van der Waals surface area contributed by atoms with Crippen LogP contribution in [0.4, 0.5) is 0 Å². The smallest absolute Gasteiger partial charge is 0.223 e. The summed E-state index contributed by atoms with van der Waals surface area (Å²) in [6.45, 7) is 6.16. The van der Waals surface area contributed by atoms with Gasteiger partial charge >= 0.3 is 0 Å². The van der Waals surface area contributed by atoms with Gasteiger partial charge in [0, 0.05) is 25.7 Å². The summed E-state index contributed by atoms with van der Waals surface area (Å²) < 4.78 is 5.31. The van der Waals surface area contributed by atoms with Crippen LogP contribution in [0.2, 0.25) is 0 Å². The Morgan fingerprint density at radius 1 is 1.25 bits per heavy atom. The zero-order valence-corrected chi connectivity index (χ0v) is 14.7. The third-order valence-corrected chi connectivity index (χ3v) is 5.45. The van der Waals surface area contributed by atoms with Gasteiger partial charge in [0.15, 0.2) is 0 Å². The molecule has 1 aromatic carbocycles. The van der Waals surface area contributed by atoms with Crippen LogP contribution in [0.25, 0.3) is 0 Å². The van der Waals surface area contributed by atoms with Crippen LogP contribution in [-0.4, -0.2) is 36.9 Å². The quantitative estimate of drug-likeness (QED) is 0.843. The molecular weight excluding hydrogens is 302 g/mol. The molecule has 3 unspecified atom stereocenters. The molecular formula is C20H29NO3. The van der Waals surface area contributed by atoms with E-state index in [1.807, 2.05) is 0 Å². The Morgan fingerprint density at radius 2 is 1.92 bits per heavy atom. The van der Waals surface area contributed by atoms with E-state index >= 15 is 0 Å². The minimum absolute atomic E-state index is 0.0665. The van der Waals surface area contributed by atoms with Gasteiger partial charge in [-0.2, -0.15) is 0 Å². The van der Waals surface area contributed by atoms with Crippen molar-refractivity contribution in [2.75, 3.05) is 19.8 Å². The van der Waals surface area contributed by atoms with Crippen LogP contribution in [0.5, 0.6) is 0 Å². The van der Waals surface area contributed by atoms with Crippen molar-refractivity contribution in [1.82, 2.24) is 5.32 Å². The van der Waals surface area contributed by atoms with Crippen molar-refractivity contribution in [1.29, 1.82) is 0 Å². The lowest BCUT2D eigenvalue weighted by Crippen LogP contribution is -2.39. The topological polar surface area (TPSA) is 58.6 Å². The molecule has 2 aliphatic rings. The first kappa shape index (κ1) is 17.4. The third kappa shape index (κ3) is 4.17. The highest BCUT2D eigenvalue weighted by Crippen LogP contribution is 2.47. The van der Waals surface area contributed by atoms with Gasteiger partial charge in [-0.3, -0.25) is 4.79 Å². The van der Waals surface area contributed by atoms with Gasteiger partial charge in [-0.25, -0.2) is 0 Å². The van der Waals surface area contributed by atoms with Crippen molar-refractivity contribution >= 4 is 5.91 Å². The summed E-state index contributed by atoms with van der Waals surface area (Å²) in [6, 6.07) is 8.65. The molecule has 0 aromatic heterocycles. The minimum atomic E-state index is -0.458. The van der Waals surface area contributed by atoms with Gasteiger partial charge < -0.3 is 15.2 Å². The summed E-state index contributed by atoms with van der Waals surface area (Å²) >= 11 is 0. The van der Waals surface area contributed by atoms with E-state index in [4.69, 9.17) is 4.74 Å². The van der Waals surface area contributed by atoms with Gasteiger partial charge in [0.25, 0.3) is 0 Å². The molecule has 24 heavy (non-hydrogen) atoms. The molecule has 1 heterocycles. The zero-order chi connectivity index (χ0) is 17.1.